The van der Waals surface area contributed by atoms with Gasteiger partial charge in [-0.15, -0.1) is 0 Å². The van der Waals surface area contributed by atoms with Gasteiger partial charge in [0.2, 0.25) is 0 Å². The van der Waals surface area contributed by atoms with Gasteiger partial charge >= 0.3 is 7.12 Å². The SMILES string of the molecule is Cc1ccc(Cl)cc1-n1cc(B(O)O)cn1. The fourth-order valence-electron chi connectivity index (χ4n) is 1.43. The topological polar surface area (TPSA) is 58.3 Å². The minimum Gasteiger partial charge on any atom is -0.423 e. The number of benzene rings is 1. The highest BCUT2D eigenvalue weighted by Crippen LogP contribution is 2.18. The number of halogens is 1. The lowest BCUT2D eigenvalue weighted by Gasteiger charge is -2.05. The summed E-state index contributed by atoms with van der Waals surface area (Å²) in [5.41, 5.74) is 2.17. The summed E-state index contributed by atoms with van der Waals surface area (Å²) in [5.74, 6) is 0. The molecule has 0 amide bonds. The molecule has 2 N–H and O–H groups in total. The van der Waals surface area contributed by atoms with Crippen LogP contribution in [0.5, 0.6) is 0 Å². The Morgan fingerprint density at radius 3 is 2.75 bits per heavy atom. The van der Waals surface area contributed by atoms with Crippen LogP contribution in [0.25, 0.3) is 5.69 Å². The predicted molar refractivity (Wildman–Crippen MR) is 63.1 cm³/mol. The maximum absolute atomic E-state index is 8.98. The van der Waals surface area contributed by atoms with Crippen molar-refractivity contribution in [3.63, 3.8) is 0 Å². The van der Waals surface area contributed by atoms with E-state index in [-0.39, 0.29) is 0 Å². The first kappa shape index (κ1) is 11.2. The van der Waals surface area contributed by atoms with Crippen LogP contribution in [-0.4, -0.2) is 26.9 Å². The van der Waals surface area contributed by atoms with E-state index in [4.69, 9.17) is 21.6 Å². The summed E-state index contributed by atoms with van der Waals surface area (Å²) >= 11 is 5.90. The van der Waals surface area contributed by atoms with Crippen LogP contribution >= 0.6 is 11.6 Å². The maximum atomic E-state index is 8.98. The van der Waals surface area contributed by atoms with Crippen molar-refractivity contribution in [2.75, 3.05) is 0 Å². The van der Waals surface area contributed by atoms with E-state index in [1.165, 1.54) is 6.20 Å². The summed E-state index contributed by atoms with van der Waals surface area (Å²) < 4.78 is 1.57. The van der Waals surface area contributed by atoms with Crippen LogP contribution in [0.15, 0.2) is 30.6 Å². The van der Waals surface area contributed by atoms with Gasteiger partial charge in [-0.2, -0.15) is 5.10 Å². The largest absolute Gasteiger partial charge is 0.491 e. The van der Waals surface area contributed by atoms with Crippen LogP contribution in [0.4, 0.5) is 0 Å². The zero-order valence-corrected chi connectivity index (χ0v) is 9.39. The minimum atomic E-state index is -1.51. The van der Waals surface area contributed by atoms with Gasteiger partial charge in [-0.1, -0.05) is 17.7 Å². The molecule has 2 rings (SSSR count). The normalized spacial score (nSPS) is 10.5. The molecule has 0 aliphatic heterocycles. The summed E-state index contributed by atoms with van der Waals surface area (Å²) in [6, 6.07) is 5.46. The van der Waals surface area contributed by atoms with Crippen LogP contribution < -0.4 is 5.46 Å². The maximum Gasteiger partial charge on any atom is 0.491 e. The van der Waals surface area contributed by atoms with Crippen LogP contribution in [0.3, 0.4) is 0 Å². The second-order valence-corrected chi connectivity index (χ2v) is 3.96. The third-order valence-electron chi connectivity index (χ3n) is 2.32. The highest BCUT2D eigenvalue weighted by atomic mass is 35.5. The Kier molecular flexibility index (Phi) is 3.00. The van der Waals surface area contributed by atoms with Crippen molar-refractivity contribution >= 4 is 24.2 Å². The summed E-state index contributed by atoms with van der Waals surface area (Å²) in [6.45, 7) is 1.93. The minimum absolute atomic E-state index is 0.347. The third-order valence-corrected chi connectivity index (χ3v) is 2.55. The molecule has 0 atom stereocenters. The van der Waals surface area contributed by atoms with E-state index < -0.39 is 7.12 Å². The zero-order chi connectivity index (χ0) is 11.7. The third kappa shape index (κ3) is 2.11. The fraction of sp³-hybridized carbons (Fsp3) is 0.100. The number of hydrogen-bond acceptors (Lipinski definition) is 3. The number of aromatic nitrogens is 2. The van der Waals surface area contributed by atoms with E-state index in [1.807, 2.05) is 13.0 Å². The van der Waals surface area contributed by atoms with Crippen molar-refractivity contribution in [1.29, 1.82) is 0 Å². The second-order valence-electron chi connectivity index (χ2n) is 3.52. The lowest BCUT2D eigenvalue weighted by molar-refractivity contribution is 0.426. The molecule has 1 aromatic heterocycles. The van der Waals surface area contributed by atoms with Gasteiger partial charge in [0.15, 0.2) is 0 Å². The molecule has 0 unspecified atom stereocenters. The molecule has 82 valence electrons. The van der Waals surface area contributed by atoms with Crippen molar-refractivity contribution in [2.24, 2.45) is 0 Å². The van der Waals surface area contributed by atoms with Gasteiger partial charge in [0.25, 0.3) is 0 Å². The highest BCUT2D eigenvalue weighted by Gasteiger charge is 2.14. The van der Waals surface area contributed by atoms with Gasteiger partial charge in [-0.25, -0.2) is 4.68 Å². The average Bonchev–Trinajstić information content (AvgIpc) is 2.70. The van der Waals surface area contributed by atoms with Crippen molar-refractivity contribution in [2.45, 2.75) is 6.92 Å². The standard InChI is InChI=1S/C10H10BClN2O2/c1-7-2-3-9(12)4-10(7)14-6-8(5-13-14)11(15)16/h2-6,15-16H,1H3. The van der Waals surface area contributed by atoms with Crippen molar-refractivity contribution in [3.05, 3.63) is 41.2 Å². The molecule has 1 aromatic carbocycles. The van der Waals surface area contributed by atoms with Crippen molar-refractivity contribution in [1.82, 2.24) is 9.78 Å². The molecule has 0 aliphatic rings. The van der Waals surface area contributed by atoms with E-state index in [0.29, 0.717) is 10.5 Å². The average molecular weight is 236 g/mol. The van der Waals surface area contributed by atoms with E-state index >= 15 is 0 Å². The monoisotopic (exact) mass is 236 g/mol. The second kappa shape index (κ2) is 4.29. The van der Waals surface area contributed by atoms with Gasteiger partial charge in [-0.05, 0) is 24.6 Å². The molecule has 4 nitrogen and oxygen atoms in total. The summed E-state index contributed by atoms with van der Waals surface area (Å²) in [4.78, 5) is 0. The Morgan fingerprint density at radius 2 is 2.12 bits per heavy atom. The summed E-state index contributed by atoms with van der Waals surface area (Å²) in [5, 5.41) is 22.6. The number of nitrogens with zero attached hydrogens (tertiary/aromatic N) is 2. The van der Waals surface area contributed by atoms with E-state index in [0.717, 1.165) is 11.3 Å². The molecule has 0 aliphatic carbocycles. The number of hydrogen-bond donors (Lipinski definition) is 2. The molecule has 16 heavy (non-hydrogen) atoms. The Bertz CT molecular complexity index is 513. The van der Waals surface area contributed by atoms with Gasteiger partial charge in [0.1, 0.15) is 0 Å². The predicted octanol–water partition coefficient (Wildman–Crippen LogP) is 0.514. The number of aryl methyl sites for hydroxylation is 1. The van der Waals surface area contributed by atoms with Gasteiger partial charge in [0.05, 0.1) is 5.69 Å². The molecule has 6 heteroatoms. The lowest BCUT2D eigenvalue weighted by atomic mass is 9.83. The fourth-order valence-corrected chi connectivity index (χ4v) is 1.60. The first-order valence-electron chi connectivity index (χ1n) is 4.75. The van der Waals surface area contributed by atoms with Crippen molar-refractivity contribution in [3.8, 4) is 5.69 Å². The Labute approximate surface area is 98.2 Å². The van der Waals surface area contributed by atoms with Gasteiger partial charge < -0.3 is 10.0 Å². The quantitative estimate of drug-likeness (QED) is 0.747. The number of rotatable bonds is 2. The molecule has 0 radical (unpaired) electrons. The molecule has 0 saturated carbocycles. The Hall–Kier alpha value is -1.30. The smallest absolute Gasteiger partial charge is 0.423 e. The molecule has 0 saturated heterocycles. The van der Waals surface area contributed by atoms with E-state index in [2.05, 4.69) is 5.10 Å². The molecular formula is C10H10BClN2O2. The van der Waals surface area contributed by atoms with Crippen LogP contribution in [0.2, 0.25) is 5.02 Å². The molecule has 1 heterocycles. The molecule has 0 fully saturated rings. The van der Waals surface area contributed by atoms with E-state index in [9.17, 15) is 0 Å². The first-order chi connectivity index (χ1) is 7.58. The van der Waals surface area contributed by atoms with Crippen LogP contribution in [0.1, 0.15) is 5.56 Å². The summed E-state index contributed by atoms with van der Waals surface area (Å²) in [6.07, 6.45) is 2.97. The van der Waals surface area contributed by atoms with Crippen molar-refractivity contribution < 1.29 is 10.0 Å². The molecule has 0 spiro atoms. The van der Waals surface area contributed by atoms with Gasteiger partial charge in [-0.3, -0.25) is 0 Å². The Morgan fingerprint density at radius 1 is 1.38 bits per heavy atom. The zero-order valence-electron chi connectivity index (χ0n) is 8.63. The van der Waals surface area contributed by atoms with Crippen LogP contribution in [0, 0.1) is 6.92 Å². The Balaban J connectivity index is 2.46. The summed E-state index contributed by atoms with van der Waals surface area (Å²) in [7, 11) is -1.51. The molecule has 0 bridgehead atoms. The highest BCUT2D eigenvalue weighted by molar-refractivity contribution is 6.58. The molecular weight excluding hydrogens is 226 g/mol. The van der Waals surface area contributed by atoms with Gasteiger partial charge in [0, 0.05) is 22.9 Å². The van der Waals surface area contributed by atoms with E-state index in [1.54, 1.807) is 23.0 Å². The van der Waals surface area contributed by atoms with Crippen LogP contribution in [-0.2, 0) is 0 Å². The molecule has 2 aromatic rings. The lowest BCUT2D eigenvalue weighted by Crippen LogP contribution is -2.28. The first-order valence-corrected chi connectivity index (χ1v) is 5.13.